The van der Waals surface area contributed by atoms with Gasteiger partial charge in [-0.15, -0.1) is 0 Å². The van der Waals surface area contributed by atoms with E-state index >= 15 is 0 Å². The molecule has 0 aromatic heterocycles. The molecule has 0 aliphatic carbocycles. The Morgan fingerprint density at radius 2 is 1.95 bits per heavy atom. The van der Waals surface area contributed by atoms with Gasteiger partial charge in [-0.25, -0.2) is 4.79 Å². The number of carbonyl (C=O) groups excluding carboxylic acids is 1. The van der Waals surface area contributed by atoms with Crippen LogP contribution in [-0.2, 0) is 4.74 Å². The largest absolute Gasteiger partial charge is 0.465 e. The fourth-order valence-electron chi connectivity index (χ4n) is 1.59. The summed E-state index contributed by atoms with van der Waals surface area (Å²) in [6, 6.07) is 11.7. The third kappa shape index (κ3) is 2.98. The number of methoxy groups -OCH3 is 1. The van der Waals surface area contributed by atoms with Crippen molar-refractivity contribution in [3.8, 4) is 11.5 Å². The maximum Gasteiger partial charge on any atom is 0.341 e. The molecule has 0 aliphatic heterocycles. The van der Waals surface area contributed by atoms with Gasteiger partial charge in [0.15, 0.2) is 5.75 Å². The number of nitrogen functional groups attached to an aromatic ring is 1. The van der Waals surface area contributed by atoms with Gasteiger partial charge in [0.05, 0.1) is 12.8 Å². The van der Waals surface area contributed by atoms with Gasteiger partial charge in [-0.1, -0.05) is 23.7 Å². The summed E-state index contributed by atoms with van der Waals surface area (Å²) in [7, 11) is 1.30. The minimum absolute atomic E-state index is 0.261. The molecule has 0 fully saturated rings. The van der Waals surface area contributed by atoms with Crippen molar-refractivity contribution < 1.29 is 14.3 Å². The van der Waals surface area contributed by atoms with Gasteiger partial charge in [-0.3, -0.25) is 0 Å². The van der Waals surface area contributed by atoms with E-state index in [1.54, 1.807) is 42.5 Å². The number of nitrogens with two attached hydrogens (primary N) is 1. The Kier molecular flexibility index (Phi) is 3.92. The minimum Gasteiger partial charge on any atom is -0.465 e. The lowest BCUT2D eigenvalue weighted by atomic mass is 10.1. The number of anilines is 1. The standard InChI is InChI=1S/C14H12ClNO3/c1-18-14(17)11-6-3-7-12(16)13(11)19-10-5-2-4-9(15)8-10/h2-8H,16H2,1H3. The van der Waals surface area contributed by atoms with Gasteiger partial charge in [0.2, 0.25) is 0 Å². The molecule has 98 valence electrons. The first kappa shape index (κ1) is 13.2. The maximum atomic E-state index is 11.7. The first-order chi connectivity index (χ1) is 9.11. The second-order valence-corrected chi connectivity index (χ2v) is 4.21. The van der Waals surface area contributed by atoms with Crippen molar-refractivity contribution in [2.24, 2.45) is 0 Å². The van der Waals surface area contributed by atoms with Crippen LogP contribution >= 0.6 is 11.6 Å². The van der Waals surface area contributed by atoms with E-state index in [1.807, 2.05) is 0 Å². The van der Waals surface area contributed by atoms with Gasteiger partial charge in [0, 0.05) is 5.02 Å². The molecule has 0 amide bonds. The summed E-state index contributed by atoms with van der Waals surface area (Å²) >= 11 is 5.88. The molecule has 0 unspecified atom stereocenters. The summed E-state index contributed by atoms with van der Waals surface area (Å²) in [5.74, 6) is 0.247. The Morgan fingerprint density at radius 1 is 1.21 bits per heavy atom. The van der Waals surface area contributed by atoms with Crippen LogP contribution in [0.1, 0.15) is 10.4 Å². The van der Waals surface area contributed by atoms with E-state index < -0.39 is 5.97 Å². The average molecular weight is 278 g/mol. The van der Waals surface area contributed by atoms with E-state index in [4.69, 9.17) is 26.8 Å². The van der Waals surface area contributed by atoms with Crippen LogP contribution in [0.25, 0.3) is 0 Å². The Balaban J connectivity index is 2.41. The van der Waals surface area contributed by atoms with Crippen molar-refractivity contribution in [1.82, 2.24) is 0 Å². The van der Waals surface area contributed by atoms with Gasteiger partial charge in [0.25, 0.3) is 0 Å². The Morgan fingerprint density at radius 3 is 2.63 bits per heavy atom. The van der Waals surface area contributed by atoms with Crippen LogP contribution in [0.2, 0.25) is 5.02 Å². The lowest BCUT2D eigenvalue weighted by molar-refractivity contribution is 0.0598. The SMILES string of the molecule is COC(=O)c1cccc(N)c1Oc1cccc(Cl)c1. The third-order valence-electron chi connectivity index (χ3n) is 2.47. The predicted octanol–water partition coefficient (Wildman–Crippen LogP) is 3.50. The molecule has 2 aromatic carbocycles. The van der Waals surface area contributed by atoms with Gasteiger partial charge >= 0.3 is 5.97 Å². The molecule has 0 radical (unpaired) electrons. The van der Waals surface area contributed by atoms with Crippen LogP contribution < -0.4 is 10.5 Å². The summed E-state index contributed by atoms with van der Waals surface area (Å²) in [5, 5.41) is 0.534. The fraction of sp³-hybridized carbons (Fsp3) is 0.0714. The lowest BCUT2D eigenvalue weighted by Crippen LogP contribution is -2.05. The molecule has 0 saturated heterocycles. The number of esters is 1. The first-order valence-electron chi connectivity index (χ1n) is 5.52. The zero-order valence-corrected chi connectivity index (χ0v) is 11.0. The highest BCUT2D eigenvalue weighted by atomic mass is 35.5. The minimum atomic E-state index is -0.510. The third-order valence-corrected chi connectivity index (χ3v) is 2.70. The Bertz CT molecular complexity index is 613. The first-order valence-corrected chi connectivity index (χ1v) is 5.90. The molecule has 0 spiro atoms. The van der Waals surface area contributed by atoms with Gasteiger partial charge in [-0.2, -0.15) is 0 Å². The van der Waals surface area contributed by atoms with E-state index in [0.29, 0.717) is 16.5 Å². The molecular weight excluding hydrogens is 266 g/mol. The molecule has 0 bridgehead atoms. The van der Waals surface area contributed by atoms with Gasteiger partial charge in [0.1, 0.15) is 11.3 Å². The van der Waals surface area contributed by atoms with Gasteiger partial charge in [-0.05, 0) is 30.3 Å². The predicted molar refractivity (Wildman–Crippen MR) is 73.7 cm³/mol. The van der Waals surface area contributed by atoms with Crippen LogP contribution in [-0.4, -0.2) is 13.1 Å². The molecule has 0 aliphatic rings. The quantitative estimate of drug-likeness (QED) is 0.689. The number of benzene rings is 2. The summed E-state index contributed by atoms with van der Waals surface area (Å²) in [4.78, 5) is 11.7. The fourth-order valence-corrected chi connectivity index (χ4v) is 1.77. The zero-order valence-electron chi connectivity index (χ0n) is 10.2. The maximum absolute atomic E-state index is 11.7. The van der Waals surface area contributed by atoms with Crippen LogP contribution in [0.15, 0.2) is 42.5 Å². The monoisotopic (exact) mass is 277 g/mol. The second kappa shape index (κ2) is 5.63. The van der Waals surface area contributed by atoms with E-state index in [9.17, 15) is 4.79 Å². The summed E-state index contributed by atoms with van der Waals surface area (Å²) in [5.41, 5.74) is 6.45. The lowest BCUT2D eigenvalue weighted by Gasteiger charge is -2.12. The average Bonchev–Trinajstić information content (AvgIpc) is 2.40. The van der Waals surface area contributed by atoms with Gasteiger partial charge < -0.3 is 15.2 Å². The smallest absolute Gasteiger partial charge is 0.341 e. The number of hydrogen-bond donors (Lipinski definition) is 1. The molecule has 0 heterocycles. The van der Waals surface area contributed by atoms with Crippen molar-refractivity contribution in [2.45, 2.75) is 0 Å². The molecule has 4 nitrogen and oxygen atoms in total. The van der Waals surface area contributed by atoms with E-state index in [2.05, 4.69) is 0 Å². The van der Waals surface area contributed by atoms with Crippen LogP contribution in [0.4, 0.5) is 5.69 Å². The van der Waals surface area contributed by atoms with Crippen molar-refractivity contribution >= 4 is 23.3 Å². The number of hydrogen-bond acceptors (Lipinski definition) is 4. The number of ether oxygens (including phenoxy) is 2. The summed E-state index contributed by atoms with van der Waals surface area (Å²) in [6.07, 6.45) is 0. The summed E-state index contributed by atoms with van der Waals surface area (Å²) < 4.78 is 10.3. The topological polar surface area (TPSA) is 61.5 Å². The highest BCUT2D eigenvalue weighted by molar-refractivity contribution is 6.30. The van der Waals surface area contributed by atoms with Crippen molar-refractivity contribution in [1.29, 1.82) is 0 Å². The number of rotatable bonds is 3. The van der Waals surface area contributed by atoms with Crippen molar-refractivity contribution in [3.05, 3.63) is 53.1 Å². The van der Waals surface area contributed by atoms with Crippen molar-refractivity contribution in [2.75, 3.05) is 12.8 Å². The molecule has 2 N–H and O–H groups in total. The molecule has 2 rings (SSSR count). The van der Waals surface area contributed by atoms with E-state index in [0.717, 1.165) is 0 Å². The second-order valence-electron chi connectivity index (χ2n) is 3.77. The number of halogens is 1. The van der Waals surface area contributed by atoms with Crippen molar-refractivity contribution in [3.63, 3.8) is 0 Å². The molecule has 0 atom stereocenters. The number of para-hydroxylation sites is 1. The molecule has 5 heteroatoms. The highest BCUT2D eigenvalue weighted by Crippen LogP contribution is 2.32. The molecule has 19 heavy (non-hydrogen) atoms. The normalized spacial score (nSPS) is 10.0. The molecule has 2 aromatic rings. The van der Waals surface area contributed by atoms with Crippen LogP contribution in [0, 0.1) is 0 Å². The Hall–Kier alpha value is -2.20. The number of carbonyl (C=O) groups is 1. The van der Waals surface area contributed by atoms with Crippen LogP contribution in [0.3, 0.4) is 0 Å². The Labute approximate surface area is 115 Å². The highest BCUT2D eigenvalue weighted by Gasteiger charge is 2.16. The molecular formula is C14H12ClNO3. The van der Waals surface area contributed by atoms with E-state index in [1.165, 1.54) is 7.11 Å². The zero-order chi connectivity index (χ0) is 13.8. The van der Waals surface area contributed by atoms with E-state index in [-0.39, 0.29) is 11.3 Å². The van der Waals surface area contributed by atoms with Crippen LogP contribution in [0.5, 0.6) is 11.5 Å². The molecule has 0 saturated carbocycles. The summed E-state index contributed by atoms with van der Waals surface area (Å²) in [6.45, 7) is 0.